The first-order chi connectivity index (χ1) is 16.7. The van der Waals surface area contributed by atoms with E-state index >= 15 is 0 Å². The molecule has 1 atom stereocenters. The Bertz CT molecular complexity index is 1210. The molecule has 0 radical (unpaired) electrons. The molecule has 3 aromatic rings. The second-order valence-electron chi connectivity index (χ2n) is 8.66. The fourth-order valence-corrected chi connectivity index (χ4v) is 4.36. The zero-order valence-electron chi connectivity index (χ0n) is 19.3. The molecule has 0 spiro atoms. The lowest BCUT2D eigenvalue weighted by Crippen LogP contribution is -2.25. The fraction of sp³-hybridized carbons (Fsp3) is 0.346. The number of ketones is 1. The topological polar surface area (TPSA) is 85.5 Å². The van der Waals surface area contributed by atoms with Crippen LogP contribution in [0.25, 0.3) is 22.5 Å². The van der Waals surface area contributed by atoms with Crippen LogP contribution in [-0.4, -0.2) is 69.1 Å². The number of rotatable bonds is 7. The van der Waals surface area contributed by atoms with Crippen molar-refractivity contribution in [3.63, 3.8) is 0 Å². The Morgan fingerprint density at radius 1 is 1.00 bits per heavy atom. The van der Waals surface area contributed by atoms with E-state index in [2.05, 4.69) is 31.2 Å². The van der Waals surface area contributed by atoms with Crippen molar-refractivity contribution in [2.45, 2.75) is 31.8 Å². The van der Waals surface area contributed by atoms with E-state index in [1.54, 1.807) is 13.2 Å². The zero-order valence-corrected chi connectivity index (χ0v) is 19.3. The molecule has 8 heteroatoms. The van der Waals surface area contributed by atoms with Gasteiger partial charge in [0.1, 0.15) is 6.04 Å². The highest BCUT2D eigenvalue weighted by Gasteiger charge is 2.20. The van der Waals surface area contributed by atoms with Crippen LogP contribution in [0.15, 0.2) is 66.2 Å². The summed E-state index contributed by atoms with van der Waals surface area (Å²) in [5, 5.41) is 4.50. The second-order valence-corrected chi connectivity index (χ2v) is 8.66. The van der Waals surface area contributed by atoms with Gasteiger partial charge in [-0.05, 0) is 43.6 Å². The number of hydrogen-bond acceptors (Lipinski definition) is 7. The molecule has 1 unspecified atom stereocenters. The van der Waals surface area contributed by atoms with Crippen LogP contribution in [0.2, 0.25) is 0 Å². The molecule has 0 N–H and O–H groups in total. The molecular formula is C26H28N6O2. The van der Waals surface area contributed by atoms with Crippen molar-refractivity contribution in [3.05, 3.63) is 66.8 Å². The summed E-state index contributed by atoms with van der Waals surface area (Å²) in [6.07, 6.45) is 13.8. The Balaban J connectivity index is 1.25. The van der Waals surface area contributed by atoms with Gasteiger partial charge < -0.3 is 9.64 Å². The molecule has 34 heavy (non-hydrogen) atoms. The van der Waals surface area contributed by atoms with Gasteiger partial charge in [-0.15, -0.1) is 0 Å². The number of hydrogen-bond donors (Lipinski definition) is 0. The van der Waals surface area contributed by atoms with Crippen molar-refractivity contribution in [1.29, 1.82) is 0 Å². The average Bonchev–Trinajstić information content (AvgIpc) is 3.57. The summed E-state index contributed by atoms with van der Waals surface area (Å²) < 4.78 is 7.16. The third-order valence-electron chi connectivity index (χ3n) is 6.29. The van der Waals surface area contributed by atoms with Gasteiger partial charge in [0, 0.05) is 54.3 Å². The number of carbonyl (C=O) groups excluding carboxylic acids is 1. The minimum Gasteiger partial charge on any atom is -0.481 e. The van der Waals surface area contributed by atoms with Crippen LogP contribution in [0, 0.1) is 0 Å². The van der Waals surface area contributed by atoms with Crippen molar-refractivity contribution in [3.8, 4) is 22.5 Å². The van der Waals surface area contributed by atoms with Gasteiger partial charge in [-0.1, -0.05) is 18.2 Å². The number of carbonyl (C=O) groups is 1. The van der Waals surface area contributed by atoms with E-state index in [9.17, 15) is 4.79 Å². The fourth-order valence-electron chi connectivity index (χ4n) is 4.36. The molecule has 0 aliphatic carbocycles. The molecule has 0 amide bonds. The molecule has 5 rings (SSSR count). The normalized spacial score (nSPS) is 18.3. The van der Waals surface area contributed by atoms with Crippen LogP contribution in [0.3, 0.4) is 0 Å². The van der Waals surface area contributed by atoms with Gasteiger partial charge in [-0.25, -0.2) is 15.0 Å². The average molecular weight is 457 g/mol. The van der Waals surface area contributed by atoms with Crippen LogP contribution in [0.5, 0.6) is 0 Å². The SMILES string of the molecule is COC1=NC(Cc2cccc(-c3ncc(-c4cnn(CCN5CCCC5)c4)cn3)c2)C(=O)C=C1. The quantitative estimate of drug-likeness (QED) is 0.543. The molecule has 2 aliphatic heterocycles. The lowest BCUT2D eigenvalue weighted by Gasteiger charge is -2.14. The van der Waals surface area contributed by atoms with Crippen molar-refractivity contribution in [1.82, 2.24) is 24.6 Å². The summed E-state index contributed by atoms with van der Waals surface area (Å²) in [6.45, 7) is 4.31. The van der Waals surface area contributed by atoms with Crippen LogP contribution in [0.4, 0.5) is 0 Å². The Hall–Kier alpha value is -3.65. The minimum absolute atomic E-state index is 0.0206. The summed E-state index contributed by atoms with van der Waals surface area (Å²) >= 11 is 0. The predicted molar refractivity (Wildman–Crippen MR) is 130 cm³/mol. The van der Waals surface area contributed by atoms with Gasteiger partial charge in [0.25, 0.3) is 0 Å². The predicted octanol–water partition coefficient (Wildman–Crippen LogP) is 3.20. The van der Waals surface area contributed by atoms with E-state index in [-0.39, 0.29) is 5.78 Å². The van der Waals surface area contributed by atoms with Crippen LogP contribution in [0.1, 0.15) is 18.4 Å². The molecule has 2 aromatic heterocycles. The second kappa shape index (κ2) is 10.1. The molecule has 8 nitrogen and oxygen atoms in total. The van der Waals surface area contributed by atoms with Crippen molar-refractivity contribution >= 4 is 11.7 Å². The first-order valence-corrected chi connectivity index (χ1v) is 11.7. The number of ether oxygens (including phenoxy) is 1. The number of dihydropyridines is 1. The number of nitrogens with zero attached hydrogens (tertiary/aromatic N) is 6. The monoisotopic (exact) mass is 456 g/mol. The van der Waals surface area contributed by atoms with Crippen molar-refractivity contribution in [2.24, 2.45) is 4.99 Å². The third-order valence-corrected chi connectivity index (χ3v) is 6.29. The highest BCUT2D eigenvalue weighted by molar-refractivity contribution is 6.05. The molecule has 1 fully saturated rings. The maximum absolute atomic E-state index is 12.2. The summed E-state index contributed by atoms with van der Waals surface area (Å²) in [4.78, 5) is 28.3. The molecule has 0 saturated carbocycles. The molecule has 4 heterocycles. The van der Waals surface area contributed by atoms with Gasteiger partial charge in [0.15, 0.2) is 11.6 Å². The first kappa shape index (κ1) is 22.2. The van der Waals surface area contributed by atoms with E-state index in [1.807, 2.05) is 47.5 Å². The standard InChI is InChI=1S/C26H28N6O2/c1-34-25-8-7-24(33)23(30-25)14-19-5-4-6-20(13-19)26-27-15-21(16-28-26)22-17-29-32(18-22)12-11-31-9-2-3-10-31/h4-8,13,15-18,23H,2-3,9-12,14H2,1H3. The number of likely N-dealkylation sites (tertiary alicyclic amines) is 1. The summed E-state index contributed by atoms with van der Waals surface area (Å²) in [5.41, 5.74) is 3.85. The van der Waals surface area contributed by atoms with Crippen LogP contribution < -0.4 is 0 Å². The Kier molecular flexibility index (Phi) is 6.58. The maximum atomic E-state index is 12.2. The summed E-state index contributed by atoms with van der Waals surface area (Å²) in [7, 11) is 1.55. The minimum atomic E-state index is -0.472. The van der Waals surface area contributed by atoms with E-state index in [1.165, 1.54) is 32.0 Å². The van der Waals surface area contributed by atoms with E-state index in [4.69, 9.17) is 4.74 Å². The van der Waals surface area contributed by atoms with Crippen LogP contribution >= 0.6 is 0 Å². The number of aliphatic imine (C=N–C) groups is 1. The highest BCUT2D eigenvalue weighted by atomic mass is 16.5. The summed E-state index contributed by atoms with van der Waals surface area (Å²) in [5.74, 6) is 1.09. The van der Waals surface area contributed by atoms with Crippen LogP contribution in [-0.2, 0) is 22.5 Å². The highest BCUT2D eigenvalue weighted by Crippen LogP contribution is 2.22. The molecule has 2 aliphatic rings. The summed E-state index contributed by atoms with van der Waals surface area (Å²) in [6, 6.07) is 7.46. The van der Waals surface area contributed by atoms with Crippen molar-refractivity contribution < 1.29 is 9.53 Å². The lowest BCUT2D eigenvalue weighted by atomic mass is 9.99. The van der Waals surface area contributed by atoms with Gasteiger partial charge in [0.2, 0.25) is 5.90 Å². The van der Waals surface area contributed by atoms with Gasteiger partial charge >= 0.3 is 0 Å². The number of benzene rings is 1. The molecule has 1 aromatic carbocycles. The van der Waals surface area contributed by atoms with E-state index in [0.29, 0.717) is 18.1 Å². The van der Waals surface area contributed by atoms with Gasteiger partial charge in [-0.3, -0.25) is 9.48 Å². The Morgan fingerprint density at radius 2 is 1.82 bits per heavy atom. The molecular weight excluding hydrogens is 428 g/mol. The Morgan fingerprint density at radius 3 is 2.62 bits per heavy atom. The molecule has 174 valence electrons. The largest absolute Gasteiger partial charge is 0.481 e. The molecule has 1 saturated heterocycles. The first-order valence-electron chi connectivity index (χ1n) is 11.7. The smallest absolute Gasteiger partial charge is 0.209 e. The van der Waals surface area contributed by atoms with Gasteiger partial charge in [-0.2, -0.15) is 5.10 Å². The zero-order chi connectivity index (χ0) is 23.3. The third kappa shape index (κ3) is 5.12. The van der Waals surface area contributed by atoms with Crippen molar-refractivity contribution in [2.75, 3.05) is 26.7 Å². The Labute approximate surface area is 199 Å². The van der Waals surface area contributed by atoms with E-state index in [0.717, 1.165) is 35.3 Å². The lowest BCUT2D eigenvalue weighted by molar-refractivity contribution is -0.115. The number of aromatic nitrogens is 4. The van der Waals surface area contributed by atoms with Gasteiger partial charge in [0.05, 0.1) is 19.9 Å². The maximum Gasteiger partial charge on any atom is 0.209 e. The molecule has 0 bridgehead atoms. The van der Waals surface area contributed by atoms with E-state index < -0.39 is 6.04 Å². The number of methoxy groups -OCH3 is 1.